The molecular weight excluding hydrogens is 332 g/mol. The van der Waals surface area contributed by atoms with Crippen molar-refractivity contribution in [2.24, 2.45) is 0 Å². The van der Waals surface area contributed by atoms with Crippen LogP contribution in [0.3, 0.4) is 0 Å². The summed E-state index contributed by atoms with van der Waals surface area (Å²) in [6.07, 6.45) is 3.26. The van der Waals surface area contributed by atoms with E-state index in [-0.39, 0.29) is 5.54 Å². The van der Waals surface area contributed by atoms with Gasteiger partial charge in [0.05, 0.1) is 40.2 Å². The minimum Gasteiger partial charge on any atom is -0.481 e. The van der Waals surface area contributed by atoms with E-state index < -0.39 is 0 Å². The fourth-order valence-electron chi connectivity index (χ4n) is 3.37. The molecule has 5 nitrogen and oxygen atoms in total. The van der Waals surface area contributed by atoms with Crippen LogP contribution >= 0.6 is 11.3 Å². The number of methoxy groups -OCH3 is 1. The van der Waals surface area contributed by atoms with Crippen LogP contribution in [0.5, 0.6) is 5.88 Å². The summed E-state index contributed by atoms with van der Waals surface area (Å²) in [5, 5.41) is 10.0. The third-order valence-electron chi connectivity index (χ3n) is 5.03. The average molecular weight is 350 g/mol. The Hall–Kier alpha value is -2.65. The molecule has 1 aliphatic rings. The molecule has 4 rings (SSSR count). The lowest BCUT2D eigenvalue weighted by molar-refractivity contribution is 0.231. The molecule has 0 N–H and O–H groups in total. The highest BCUT2D eigenvalue weighted by atomic mass is 32.1. The molecule has 126 valence electrons. The van der Waals surface area contributed by atoms with Crippen LogP contribution in [0.4, 0.5) is 5.13 Å². The Kier molecular flexibility index (Phi) is 3.81. The van der Waals surface area contributed by atoms with Crippen molar-refractivity contribution in [2.45, 2.75) is 24.8 Å². The van der Waals surface area contributed by atoms with Gasteiger partial charge in [0, 0.05) is 13.1 Å². The number of nitrogens with zero attached hydrogens (tertiary/aromatic N) is 4. The molecule has 3 aromatic rings. The summed E-state index contributed by atoms with van der Waals surface area (Å²) in [5.74, 6) is 0.639. The number of aromatic nitrogens is 2. The molecule has 2 heterocycles. The lowest BCUT2D eigenvalue weighted by atomic mass is 9.73. The van der Waals surface area contributed by atoms with E-state index >= 15 is 0 Å². The first-order valence-corrected chi connectivity index (χ1v) is 9.04. The van der Waals surface area contributed by atoms with Gasteiger partial charge in [-0.15, -0.1) is 0 Å². The van der Waals surface area contributed by atoms with Gasteiger partial charge in [0.15, 0.2) is 5.13 Å². The second-order valence-corrected chi connectivity index (χ2v) is 7.31. The fraction of sp³-hybridized carbons (Fsp3) is 0.316. The number of ether oxygens (including phenoxy) is 1. The van der Waals surface area contributed by atoms with Gasteiger partial charge >= 0.3 is 0 Å². The number of hydrogen-bond donors (Lipinski definition) is 0. The predicted molar refractivity (Wildman–Crippen MR) is 99.1 cm³/mol. The summed E-state index contributed by atoms with van der Waals surface area (Å²) in [6, 6.07) is 13.8. The van der Waals surface area contributed by atoms with E-state index in [1.165, 1.54) is 6.42 Å². The zero-order chi connectivity index (χ0) is 17.4. The molecule has 0 unspecified atom stereocenters. The lowest BCUT2D eigenvalue weighted by Gasteiger charge is -2.48. The molecule has 0 amide bonds. The van der Waals surface area contributed by atoms with Crippen molar-refractivity contribution >= 4 is 26.7 Å². The molecule has 1 saturated carbocycles. The summed E-state index contributed by atoms with van der Waals surface area (Å²) in [7, 11) is 3.73. The number of nitriles is 1. The molecule has 1 aliphatic carbocycles. The van der Waals surface area contributed by atoms with Crippen molar-refractivity contribution in [3.05, 3.63) is 47.7 Å². The van der Waals surface area contributed by atoms with Crippen LogP contribution in [-0.4, -0.2) is 24.1 Å². The largest absolute Gasteiger partial charge is 0.481 e. The van der Waals surface area contributed by atoms with Gasteiger partial charge in [0.2, 0.25) is 5.88 Å². The lowest BCUT2D eigenvalue weighted by Crippen LogP contribution is -2.50. The molecule has 1 aromatic carbocycles. The Morgan fingerprint density at radius 2 is 2.08 bits per heavy atom. The van der Waals surface area contributed by atoms with Crippen LogP contribution in [0.25, 0.3) is 10.2 Å². The van der Waals surface area contributed by atoms with Crippen LogP contribution in [0.15, 0.2) is 36.4 Å². The van der Waals surface area contributed by atoms with Gasteiger partial charge in [-0.2, -0.15) is 5.26 Å². The van der Waals surface area contributed by atoms with Gasteiger partial charge in [-0.3, -0.25) is 0 Å². The zero-order valence-corrected chi connectivity index (χ0v) is 15.0. The van der Waals surface area contributed by atoms with E-state index in [1.54, 1.807) is 18.4 Å². The van der Waals surface area contributed by atoms with Crippen molar-refractivity contribution in [1.29, 1.82) is 5.26 Å². The van der Waals surface area contributed by atoms with E-state index in [0.717, 1.165) is 33.9 Å². The van der Waals surface area contributed by atoms with E-state index in [9.17, 15) is 0 Å². The number of fused-ring (bicyclic) bond motifs is 1. The number of anilines is 1. The number of thiazole rings is 1. The second-order valence-electron chi connectivity index (χ2n) is 6.30. The predicted octanol–water partition coefficient (Wildman–Crippen LogP) is 4.09. The monoisotopic (exact) mass is 350 g/mol. The first-order valence-electron chi connectivity index (χ1n) is 8.22. The van der Waals surface area contributed by atoms with Gasteiger partial charge in [0.1, 0.15) is 0 Å². The van der Waals surface area contributed by atoms with Gasteiger partial charge in [0.25, 0.3) is 0 Å². The highest BCUT2D eigenvalue weighted by Crippen LogP contribution is 2.48. The molecule has 0 bridgehead atoms. The summed E-state index contributed by atoms with van der Waals surface area (Å²) in [6.45, 7) is 0. The molecule has 6 heteroatoms. The number of hydrogen-bond acceptors (Lipinski definition) is 6. The maximum absolute atomic E-state index is 9.09. The van der Waals surface area contributed by atoms with Crippen molar-refractivity contribution in [1.82, 2.24) is 9.97 Å². The van der Waals surface area contributed by atoms with Crippen LogP contribution in [-0.2, 0) is 5.54 Å². The highest BCUT2D eigenvalue weighted by Gasteiger charge is 2.45. The van der Waals surface area contributed by atoms with Crippen LogP contribution in [0.2, 0.25) is 0 Å². The first-order chi connectivity index (χ1) is 12.2. The molecule has 0 spiro atoms. The minimum atomic E-state index is -0.138. The highest BCUT2D eigenvalue weighted by molar-refractivity contribution is 7.22. The van der Waals surface area contributed by atoms with E-state index in [0.29, 0.717) is 11.4 Å². The summed E-state index contributed by atoms with van der Waals surface area (Å²) < 4.78 is 6.34. The quantitative estimate of drug-likeness (QED) is 0.709. The SMILES string of the molecule is COc1cccc(C2(N(C)c3nc4ccc(C#N)cc4s3)CCC2)n1. The number of benzene rings is 1. The molecule has 0 atom stereocenters. The maximum Gasteiger partial charge on any atom is 0.213 e. The van der Waals surface area contributed by atoms with Gasteiger partial charge in [-0.05, 0) is 43.5 Å². The van der Waals surface area contributed by atoms with Gasteiger partial charge in [-0.25, -0.2) is 9.97 Å². The zero-order valence-electron chi connectivity index (χ0n) is 14.2. The maximum atomic E-state index is 9.09. The molecule has 2 aromatic heterocycles. The summed E-state index contributed by atoms with van der Waals surface area (Å²) >= 11 is 1.62. The Bertz CT molecular complexity index is 971. The summed E-state index contributed by atoms with van der Waals surface area (Å²) in [4.78, 5) is 11.7. The third-order valence-corrected chi connectivity index (χ3v) is 6.12. The van der Waals surface area contributed by atoms with Crippen molar-refractivity contribution in [3.8, 4) is 11.9 Å². The first kappa shape index (κ1) is 15.9. The van der Waals surface area contributed by atoms with Crippen molar-refractivity contribution < 1.29 is 4.74 Å². The van der Waals surface area contributed by atoms with Crippen molar-refractivity contribution in [3.63, 3.8) is 0 Å². The number of rotatable bonds is 4. The molecule has 0 radical (unpaired) electrons. The Morgan fingerprint density at radius 3 is 2.76 bits per heavy atom. The number of pyridine rings is 1. The second kappa shape index (κ2) is 6.01. The molecule has 25 heavy (non-hydrogen) atoms. The fourth-order valence-corrected chi connectivity index (χ4v) is 4.43. The van der Waals surface area contributed by atoms with Crippen LogP contribution in [0.1, 0.15) is 30.5 Å². The Morgan fingerprint density at radius 1 is 1.24 bits per heavy atom. The standard InChI is InChI=1S/C19H18N4OS/c1-23(18-21-14-8-7-13(12-20)11-15(14)25-18)19(9-4-10-19)16-5-3-6-17(22-16)24-2/h3,5-8,11H,4,9-10H2,1-2H3. The topological polar surface area (TPSA) is 62.0 Å². The van der Waals surface area contributed by atoms with Gasteiger partial charge < -0.3 is 9.64 Å². The van der Waals surface area contributed by atoms with Gasteiger partial charge in [-0.1, -0.05) is 17.4 Å². The Balaban J connectivity index is 1.75. The van der Waals surface area contributed by atoms with Crippen molar-refractivity contribution in [2.75, 3.05) is 19.1 Å². The van der Waals surface area contributed by atoms with E-state index in [4.69, 9.17) is 15.0 Å². The Labute approximate surface area is 150 Å². The summed E-state index contributed by atoms with van der Waals surface area (Å²) in [5.41, 5.74) is 2.48. The third kappa shape index (κ3) is 2.52. The molecule has 0 saturated heterocycles. The normalized spacial score (nSPS) is 15.4. The van der Waals surface area contributed by atoms with E-state index in [1.807, 2.05) is 30.3 Å². The minimum absolute atomic E-state index is 0.138. The smallest absolute Gasteiger partial charge is 0.213 e. The van der Waals surface area contributed by atoms with E-state index in [2.05, 4.69) is 29.1 Å². The average Bonchev–Trinajstić information content (AvgIpc) is 3.04. The molecule has 1 fully saturated rings. The van der Waals surface area contributed by atoms with Crippen LogP contribution in [0, 0.1) is 11.3 Å². The van der Waals surface area contributed by atoms with Crippen LogP contribution < -0.4 is 9.64 Å². The molecular formula is C19H18N4OS. The molecule has 0 aliphatic heterocycles.